The Labute approximate surface area is 120 Å². The van der Waals surface area contributed by atoms with Crippen LogP contribution in [0.5, 0.6) is 0 Å². The lowest BCUT2D eigenvalue weighted by atomic mass is 10.0. The third-order valence-electron chi connectivity index (χ3n) is 4.45. The summed E-state index contributed by atoms with van der Waals surface area (Å²) < 4.78 is 0. The average Bonchev–Trinajstić information content (AvgIpc) is 3.01. The van der Waals surface area contributed by atoms with Gasteiger partial charge in [-0.3, -0.25) is 4.79 Å². The zero-order chi connectivity index (χ0) is 13.9. The molecule has 108 valence electrons. The van der Waals surface area contributed by atoms with Crippen molar-refractivity contribution in [2.75, 3.05) is 24.5 Å². The van der Waals surface area contributed by atoms with Crippen molar-refractivity contribution in [3.05, 3.63) is 23.9 Å². The van der Waals surface area contributed by atoms with Crippen LogP contribution >= 0.6 is 0 Å². The lowest BCUT2D eigenvalue weighted by molar-refractivity contribution is 0.0629. The van der Waals surface area contributed by atoms with E-state index in [0.29, 0.717) is 11.7 Å². The van der Waals surface area contributed by atoms with E-state index in [2.05, 4.69) is 16.8 Å². The summed E-state index contributed by atoms with van der Waals surface area (Å²) in [5.41, 5.74) is 0.600. The van der Waals surface area contributed by atoms with Gasteiger partial charge in [-0.2, -0.15) is 0 Å². The van der Waals surface area contributed by atoms with E-state index in [1.165, 1.54) is 19.3 Å². The molecule has 1 amide bonds. The largest absolute Gasteiger partial charge is 0.357 e. The highest BCUT2D eigenvalue weighted by molar-refractivity contribution is 5.93. The number of hydrogen-bond acceptors (Lipinski definition) is 3. The molecule has 3 heterocycles. The van der Waals surface area contributed by atoms with Crippen molar-refractivity contribution in [2.24, 2.45) is 0 Å². The molecular formula is C16H23N3O. The third-order valence-corrected chi connectivity index (χ3v) is 4.45. The molecule has 2 aliphatic heterocycles. The number of amides is 1. The molecular weight excluding hydrogens is 250 g/mol. The molecule has 0 spiro atoms. The molecule has 4 heteroatoms. The Hall–Kier alpha value is -1.58. The molecule has 0 radical (unpaired) electrons. The topological polar surface area (TPSA) is 36.4 Å². The molecule has 0 saturated carbocycles. The summed E-state index contributed by atoms with van der Waals surface area (Å²) in [5.74, 6) is 1.05. The van der Waals surface area contributed by atoms with Crippen LogP contribution in [0.3, 0.4) is 0 Å². The molecule has 2 aliphatic rings. The zero-order valence-electron chi connectivity index (χ0n) is 12.2. The second-order valence-electron chi connectivity index (χ2n) is 5.92. The smallest absolute Gasteiger partial charge is 0.272 e. The SMILES string of the molecule is CC1CCCCN1C(=O)c1cccc(N2CCCC2)n1. The van der Waals surface area contributed by atoms with Crippen molar-refractivity contribution in [3.63, 3.8) is 0 Å². The first-order valence-electron chi connectivity index (χ1n) is 7.79. The Kier molecular flexibility index (Phi) is 3.90. The first-order valence-corrected chi connectivity index (χ1v) is 7.79. The maximum absolute atomic E-state index is 12.6. The molecule has 0 aromatic carbocycles. The number of nitrogens with zero attached hydrogens (tertiary/aromatic N) is 3. The van der Waals surface area contributed by atoms with Crippen LogP contribution in [0.25, 0.3) is 0 Å². The number of carbonyl (C=O) groups is 1. The van der Waals surface area contributed by atoms with Gasteiger partial charge < -0.3 is 9.80 Å². The van der Waals surface area contributed by atoms with Gasteiger partial charge >= 0.3 is 0 Å². The van der Waals surface area contributed by atoms with Gasteiger partial charge in [0.25, 0.3) is 5.91 Å². The van der Waals surface area contributed by atoms with Gasteiger partial charge in [-0.25, -0.2) is 4.98 Å². The van der Waals surface area contributed by atoms with Crippen molar-refractivity contribution in [3.8, 4) is 0 Å². The molecule has 0 N–H and O–H groups in total. The highest BCUT2D eigenvalue weighted by Crippen LogP contribution is 2.21. The zero-order valence-corrected chi connectivity index (χ0v) is 12.2. The van der Waals surface area contributed by atoms with Crippen molar-refractivity contribution in [2.45, 2.75) is 45.1 Å². The standard InChI is InChI=1S/C16H23N3O/c1-13-7-2-3-12-19(13)16(20)14-8-6-9-15(17-14)18-10-4-5-11-18/h6,8-9,13H,2-5,7,10-12H2,1H3. The number of anilines is 1. The van der Waals surface area contributed by atoms with Gasteiger partial charge in [0.15, 0.2) is 0 Å². The van der Waals surface area contributed by atoms with Crippen LogP contribution in [-0.4, -0.2) is 41.5 Å². The van der Waals surface area contributed by atoms with Crippen LogP contribution in [0.1, 0.15) is 49.5 Å². The number of hydrogen-bond donors (Lipinski definition) is 0. The van der Waals surface area contributed by atoms with Crippen LogP contribution in [0, 0.1) is 0 Å². The normalized spacial score (nSPS) is 23.1. The van der Waals surface area contributed by atoms with Gasteiger partial charge in [0.05, 0.1) is 0 Å². The molecule has 20 heavy (non-hydrogen) atoms. The van der Waals surface area contributed by atoms with E-state index in [9.17, 15) is 4.79 Å². The van der Waals surface area contributed by atoms with Gasteiger partial charge in [0, 0.05) is 25.7 Å². The fourth-order valence-corrected chi connectivity index (χ4v) is 3.21. The van der Waals surface area contributed by atoms with E-state index in [1.54, 1.807) is 0 Å². The van der Waals surface area contributed by atoms with Crippen LogP contribution in [-0.2, 0) is 0 Å². The number of pyridine rings is 1. The van der Waals surface area contributed by atoms with Crippen molar-refractivity contribution in [1.82, 2.24) is 9.88 Å². The first-order chi connectivity index (χ1) is 9.75. The highest BCUT2D eigenvalue weighted by atomic mass is 16.2. The maximum Gasteiger partial charge on any atom is 0.272 e. The van der Waals surface area contributed by atoms with E-state index in [1.807, 2.05) is 23.1 Å². The van der Waals surface area contributed by atoms with E-state index >= 15 is 0 Å². The van der Waals surface area contributed by atoms with Gasteiger partial charge in [-0.05, 0) is 51.2 Å². The predicted molar refractivity (Wildman–Crippen MR) is 80.0 cm³/mol. The first kappa shape index (κ1) is 13.4. The summed E-state index contributed by atoms with van der Waals surface area (Å²) in [7, 11) is 0. The Balaban J connectivity index is 1.78. The van der Waals surface area contributed by atoms with Gasteiger partial charge in [-0.1, -0.05) is 6.07 Å². The summed E-state index contributed by atoms with van der Waals surface area (Å²) in [4.78, 5) is 21.5. The van der Waals surface area contributed by atoms with Crippen molar-refractivity contribution in [1.29, 1.82) is 0 Å². The highest BCUT2D eigenvalue weighted by Gasteiger charge is 2.25. The fraction of sp³-hybridized carbons (Fsp3) is 0.625. The minimum Gasteiger partial charge on any atom is -0.357 e. The lowest BCUT2D eigenvalue weighted by Gasteiger charge is -2.33. The van der Waals surface area contributed by atoms with Gasteiger partial charge in [0.1, 0.15) is 11.5 Å². The van der Waals surface area contributed by atoms with Crippen LogP contribution < -0.4 is 4.90 Å². The quantitative estimate of drug-likeness (QED) is 0.831. The minimum atomic E-state index is 0.0956. The molecule has 0 bridgehead atoms. The van der Waals surface area contributed by atoms with E-state index in [4.69, 9.17) is 0 Å². The molecule has 2 fully saturated rings. The molecule has 4 nitrogen and oxygen atoms in total. The van der Waals surface area contributed by atoms with E-state index in [-0.39, 0.29) is 5.91 Å². The molecule has 1 aromatic heterocycles. The third kappa shape index (κ3) is 2.65. The van der Waals surface area contributed by atoms with Gasteiger partial charge in [0.2, 0.25) is 0 Å². The van der Waals surface area contributed by atoms with Gasteiger partial charge in [-0.15, -0.1) is 0 Å². The number of carbonyl (C=O) groups excluding carboxylic acids is 1. The monoisotopic (exact) mass is 273 g/mol. The van der Waals surface area contributed by atoms with Crippen LogP contribution in [0.2, 0.25) is 0 Å². The number of rotatable bonds is 2. The number of likely N-dealkylation sites (tertiary alicyclic amines) is 1. The lowest BCUT2D eigenvalue weighted by Crippen LogP contribution is -2.42. The Morgan fingerprint density at radius 1 is 1.15 bits per heavy atom. The van der Waals surface area contributed by atoms with E-state index in [0.717, 1.165) is 38.3 Å². The predicted octanol–water partition coefficient (Wildman–Crippen LogP) is 2.70. The molecule has 1 atom stereocenters. The summed E-state index contributed by atoms with van der Waals surface area (Å²) in [6, 6.07) is 6.17. The van der Waals surface area contributed by atoms with Crippen molar-refractivity contribution >= 4 is 11.7 Å². The Morgan fingerprint density at radius 2 is 1.90 bits per heavy atom. The summed E-state index contributed by atoms with van der Waals surface area (Å²) in [6.45, 7) is 5.13. The molecule has 3 rings (SSSR count). The Morgan fingerprint density at radius 3 is 2.65 bits per heavy atom. The summed E-state index contributed by atoms with van der Waals surface area (Å²) in [5, 5.41) is 0. The van der Waals surface area contributed by atoms with Crippen LogP contribution in [0.4, 0.5) is 5.82 Å². The number of aromatic nitrogens is 1. The molecule has 0 aliphatic carbocycles. The fourth-order valence-electron chi connectivity index (χ4n) is 3.21. The minimum absolute atomic E-state index is 0.0956. The average molecular weight is 273 g/mol. The van der Waals surface area contributed by atoms with Crippen molar-refractivity contribution < 1.29 is 4.79 Å². The Bertz CT molecular complexity index is 482. The van der Waals surface area contributed by atoms with E-state index < -0.39 is 0 Å². The second kappa shape index (κ2) is 5.81. The summed E-state index contributed by atoms with van der Waals surface area (Å²) >= 11 is 0. The molecule has 2 saturated heterocycles. The number of piperidine rings is 1. The summed E-state index contributed by atoms with van der Waals surface area (Å²) in [6.07, 6.45) is 5.90. The maximum atomic E-state index is 12.6. The second-order valence-corrected chi connectivity index (χ2v) is 5.92. The molecule has 1 unspecified atom stereocenters. The van der Waals surface area contributed by atoms with Crippen LogP contribution in [0.15, 0.2) is 18.2 Å². The molecule has 1 aromatic rings.